The summed E-state index contributed by atoms with van der Waals surface area (Å²) in [6.45, 7) is 2.05. The lowest BCUT2D eigenvalue weighted by Gasteiger charge is -2.23. The fraction of sp³-hybridized carbons (Fsp3) is 0.190. The molecule has 1 heterocycles. The first-order chi connectivity index (χ1) is 12.2. The van der Waals surface area contributed by atoms with Crippen molar-refractivity contribution in [3.8, 4) is 0 Å². The maximum absolute atomic E-state index is 12.5. The van der Waals surface area contributed by atoms with Gasteiger partial charge in [-0.05, 0) is 37.0 Å². The van der Waals surface area contributed by atoms with Crippen molar-refractivity contribution in [2.24, 2.45) is 0 Å². The van der Waals surface area contributed by atoms with Gasteiger partial charge in [0.25, 0.3) is 0 Å². The Morgan fingerprint density at radius 1 is 1.00 bits per heavy atom. The van der Waals surface area contributed by atoms with Gasteiger partial charge in [0.05, 0.1) is 11.3 Å². The Labute approximate surface area is 147 Å². The minimum absolute atomic E-state index is 0.122. The van der Waals surface area contributed by atoms with Gasteiger partial charge >= 0.3 is 0 Å². The van der Waals surface area contributed by atoms with Crippen molar-refractivity contribution in [1.82, 2.24) is 9.97 Å². The molecule has 1 aliphatic rings. The molecule has 4 nitrogen and oxygen atoms in total. The normalized spacial score (nSPS) is 16.4. The maximum atomic E-state index is 12.5. The van der Waals surface area contributed by atoms with Crippen LogP contribution in [0.15, 0.2) is 60.8 Å². The van der Waals surface area contributed by atoms with Crippen LogP contribution in [0.4, 0.5) is 11.6 Å². The molecule has 0 spiro atoms. The number of ketones is 1. The highest BCUT2D eigenvalue weighted by molar-refractivity contribution is 5.98. The average molecular weight is 329 g/mol. The highest BCUT2D eigenvalue weighted by atomic mass is 16.1. The molecular weight excluding hydrogens is 310 g/mol. The molecule has 124 valence electrons. The monoisotopic (exact) mass is 329 g/mol. The SMILES string of the molecule is Cc1ccc(Nc2ncc3c(n2)CC(c2ccccc2)CC3=O)cc1. The summed E-state index contributed by atoms with van der Waals surface area (Å²) >= 11 is 0. The molecule has 2 aromatic carbocycles. The van der Waals surface area contributed by atoms with E-state index >= 15 is 0 Å². The lowest BCUT2D eigenvalue weighted by Crippen LogP contribution is -2.21. The predicted octanol–water partition coefficient (Wildman–Crippen LogP) is 4.44. The molecule has 1 unspecified atom stereocenters. The molecule has 0 amide bonds. The van der Waals surface area contributed by atoms with Gasteiger partial charge in [0.15, 0.2) is 5.78 Å². The Morgan fingerprint density at radius 3 is 2.52 bits per heavy atom. The van der Waals surface area contributed by atoms with Gasteiger partial charge in [-0.2, -0.15) is 0 Å². The lowest BCUT2D eigenvalue weighted by atomic mass is 9.82. The molecule has 0 saturated heterocycles. The fourth-order valence-corrected chi connectivity index (χ4v) is 3.23. The van der Waals surface area contributed by atoms with Gasteiger partial charge in [-0.1, -0.05) is 48.0 Å². The minimum Gasteiger partial charge on any atom is -0.324 e. The summed E-state index contributed by atoms with van der Waals surface area (Å²) in [6, 6.07) is 18.2. The van der Waals surface area contributed by atoms with Crippen LogP contribution >= 0.6 is 0 Å². The van der Waals surface area contributed by atoms with E-state index < -0.39 is 0 Å². The Balaban J connectivity index is 1.61. The number of hydrogen-bond donors (Lipinski definition) is 1. The number of fused-ring (bicyclic) bond motifs is 1. The lowest BCUT2D eigenvalue weighted by molar-refractivity contribution is 0.0962. The molecule has 0 saturated carbocycles. The summed E-state index contributed by atoms with van der Waals surface area (Å²) in [7, 11) is 0. The van der Waals surface area contributed by atoms with E-state index in [0.717, 1.165) is 17.8 Å². The zero-order valence-electron chi connectivity index (χ0n) is 14.1. The van der Waals surface area contributed by atoms with Crippen LogP contribution < -0.4 is 5.32 Å². The third-order valence-corrected chi connectivity index (χ3v) is 4.62. The molecule has 4 rings (SSSR count). The van der Waals surface area contributed by atoms with E-state index in [-0.39, 0.29) is 11.7 Å². The number of Topliss-reactive ketones (excluding diaryl/α,β-unsaturated/α-hetero) is 1. The van der Waals surface area contributed by atoms with Crippen molar-refractivity contribution >= 4 is 17.4 Å². The number of nitrogens with zero attached hydrogens (tertiary/aromatic N) is 2. The first-order valence-electron chi connectivity index (χ1n) is 8.47. The van der Waals surface area contributed by atoms with Crippen molar-refractivity contribution in [2.75, 3.05) is 5.32 Å². The second-order valence-corrected chi connectivity index (χ2v) is 6.48. The van der Waals surface area contributed by atoms with Crippen molar-refractivity contribution in [1.29, 1.82) is 0 Å². The third-order valence-electron chi connectivity index (χ3n) is 4.62. The predicted molar refractivity (Wildman–Crippen MR) is 98.3 cm³/mol. The Morgan fingerprint density at radius 2 is 1.76 bits per heavy atom. The zero-order chi connectivity index (χ0) is 17.2. The number of aryl methyl sites for hydroxylation is 1. The van der Waals surface area contributed by atoms with E-state index in [1.54, 1.807) is 6.20 Å². The highest BCUT2D eigenvalue weighted by Crippen LogP contribution is 2.32. The Kier molecular flexibility index (Phi) is 4.02. The van der Waals surface area contributed by atoms with Crippen LogP contribution in [-0.2, 0) is 6.42 Å². The molecule has 3 aromatic rings. The van der Waals surface area contributed by atoms with E-state index in [2.05, 4.69) is 34.3 Å². The van der Waals surface area contributed by atoms with Crippen molar-refractivity contribution < 1.29 is 4.79 Å². The molecule has 0 aliphatic heterocycles. The average Bonchev–Trinajstić information content (AvgIpc) is 2.64. The number of rotatable bonds is 3. The summed E-state index contributed by atoms with van der Waals surface area (Å²) in [6.07, 6.45) is 2.93. The Bertz CT molecular complexity index is 904. The van der Waals surface area contributed by atoms with E-state index in [4.69, 9.17) is 0 Å². The largest absolute Gasteiger partial charge is 0.324 e. The van der Waals surface area contributed by atoms with Crippen LogP contribution in [0.25, 0.3) is 0 Å². The van der Waals surface area contributed by atoms with Crippen LogP contribution in [0.5, 0.6) is 0 Å². The third kappa shape index (κ3) is 3.29. The second-order valence-electron chi connectivity index (χ2n) is 6.48. The van der Waals surface area contributed by atoms with Gasteiger partial charge in [-0.15, -0.1) is 0 Å². The van der Waals surface area contributed by atoms with E-state index in [0.29, 0.717) is 17.9 Å². The van der Waals surface area contributed by atoms with Crippen molar-refractivity contribution in [3.63, 3.8) is 0 Å². The van der Waals surface area contributed by atoms with E-state index in [1.807, 2.05) is 42.5 Å². The maximum Gasteiger partial charge on any atom is 0.227 e. The van der Waals surface area contributed by atoms with Gasteiger partial charge in [0.1, 0.15) is 0 Å². The zero-order valence-corrected chi connectivity index (χ0v) is 14.1. The molecule has 0 bridgehead atoms. The topological polar surface area (TPSA) is 54.9 Å². The standard InChI is InChI=1S/C21H19N3O/c1-14-7-9-17(10-8-14)23-21-22-13-18-19(24-21)11-16(12-20(18)25)15-5-3-2-4-6-15/h2-10,13,16H,11-12H2,1H3,(H,22,23,24). The highest BCUT2D eigenvalue weighted by Gasteiger charge is 2.27. The summed E-state index contributed by atoms with van der Waals surface area (Å²) in [5.74, 6) is 0.837. The number of benzene rings is 2. The quantitative estimate of drug-likeness (QED) is 0.772. The van der Waals surface area contributed by atoms with Crippen LogP contribution in [0, 0.1) is 6.92 Å². The van der Waals surface area contributed by atoms with Gasteiger partial charge in [0.2, 0.25) is 5.95 Å². The summed E-state index contributed by atoms with van der Waals surface area (Å²) in [5, 5.41) is 3.22. The first kappa shape index (κ1) is 15.5. The molecule has 0 radical (unpaired) electrons. The number of hydrogen-bond acceptors (Lipinski definition) is 4. The first-order valence-corrected chi connectivity index (χ1v) is 8.47. The summed E-state index contributed by atoms with van der Waals surface area (Å²) < 4.78 is 0. The van der Waals surface area contributed by atoms with Crippen LogP contribution in [0.3, 0.4) is 0 Å². The molecule has 1 aromatic heterocycles. The molecule has 0 fully saturated rings. The van der Waals surface area contributed by atoms with Gasteiger partial charge in [-0.25, -0.2) is 9.97 Å². The fourth-order valence-electron chi connectivity index (χ4n) is 3.23. The summed E-state index contributed by atoms with van der Waals surface area (Å²) in [4.78, 5) is 21.4. The van der Waals surface area contributed by atoms with E-state index in [9.17, 15) is 4.79 Å². The smallest absolute Gasteiger partial charge is 0.227 e. The number of aromatic nitrogens is 2. The van der Waals surface area contributed by atoms with Gasteiger partial charge < -0.3 is 5.32 Å². The molecule has 1 aliphatic carbocycles. The number of carbonyl (C=O) groups is 1. The van der Waals surface area contributed by atoms with Crippen molar-refractivity contribution in [3.05, 3.63) is 83.2 Å². The number of carbonyl (C=O) groups excluding carboxylic acids is 1. The van der Waals surface area contributed by atoms with Gasteiger partial charge in [-0.3, -0.25) is 4.79 Å². The molecule has 1 atom stereocenters. The molecular formula is C21H19N3O. The van der Waals surface area contributed by atoms with Crippen molar-refractivity contribution in [2.45, 2.75) is 25.7 Å². The molecule has 4 heteroatoms. The number of anilines is 2. The van der Waals surface area contributed by atoms with Crippen LogP contribution in [0.1, 0.15) is 39.5 Å². The number of nitrogens with one attached hydrogen (secondary N) is 1. The Hall–Kier alpha value is -3.01. The summed E-state index contributed by atoms with van der Waals surface area (Å²) in [5.41, 5.74) is 4.81. The van der Waals surface area contributed by atoms with Crippen LogP contribution in [0.2, 0.25) is 0 Å². The minimum atomic E-state index is 0.122. The second kappa shape index (κ2) is 6.48. The molecule has 1 N–H and O–H groups in total. The van der Waals surface area contributed by atoms with Gasteiger partial charge in [0, 0.05) is 18.3 Å². The van der Waals surface area contributed by atoms with E-state index in [1.165, 1.54) is 11.1 Å². The molecule has 25 heavy (non-hydrogen) atoms. The van der Waals surface area contributed by atoms with Crippen LogP contribution in [-0.4, -0.2) is 15.8 Å².